The van der Waals surface area contributed by atoms with Crippen LogP contribution >= 0.6 is 11.3 Å². The van der Waals surface area contributed by atoms with E-state index in [9.17, 15) is 9.59 Å². The van der Waals surface area contributed by atoms with Gasteiger partial charge in [0, 0.05) is 0 Å². The van der Waals surface area contributed by atoms with Gasteiger partial charge in [0.15, 0.2) is 4.96 Å². The van der Waals surface area contributed by atoms with E-state index in [2.05, 4.69) is 4.98 Å². The Balaban J connectivity index is 1.90. The summed E-state index contributed by atoms with van der Waals surface area (Å²) in [5.41, 5.74) is 2.48. The van der Waals surface area contributed by atoms with E-state index in [1.165, 1.54) is 23.5 Å². The highest BCUT2D eigenvalue weighted by molar-refractivity contribution is 7.15. The summed E-state index contributed by atoms with van der Waals surface area (Å²) in [4.78, 5) is 28.6. The van der Waals surface area contributed by atoms with Gasteiger partial charge in [-0.2, -0.15) is 0 Å². The quantitative estimate of drug-likeness (QED) is 0.614. The van der Waals surface area contributed by atoms with Crippen molar-refractivity contribution in [1.82, 2.24) is 9.38 Å². The van der Waals surface area contributed by atoms with Crippen molar-refractivity contribution in [2.75, 3.05) is 0 Å². The van der Waals surface area contributed by atoms with Crippen LogP contribution in [0.3, 0.4) is 0 Å². The lowest BCUT2D eigenvalue weighted by molar-refractivity contribution is 0.0697. The molecule has 2 aromatic heterocycles. The molecule has 0 spiro atoms. The Hall–Kier alpha value is -2.99. The van der Waals surface area contributed by atoms with Crippen molar-refractivity contribution in [2.45, 2.75) is 0 Å². The first-order valence-electron chi connectivity index (χ1n) is 6.88. The number of rotatable bonds is 2. The Morgan fingerprint density at radius 3 is 2.61 bits per heavy atom. The number of nitrogens with zero attached hydrogens (tertiary/aromatic N) is 2. The number of carbonyl (C=O) groups is 1. The largest absolute Gasteiger partial charge is 0.478 e. The minimum Gasteiger partial charge on any atom is -0.478 e. The van der Waals surface area contributed by atoms with Gasteiger partial charge in [-0.3, -0.25) is 4.79 Å². The molecule has 6 heteroatoms. The number of carboxylic acid groups (broad SMARTS) is 1. The van der Waals surface area contributed by atoms with Crippen LogP contribution in [0.5, 0.6) is 0 Å². The van der Waals surface area contributed by atoms with Gasteiger partial charge in [-0.25, -0.2) is 14.2 Å². The summed E-state index contributed by atoms with van der Waals surface area (Å²) in [6, 6.07) is 13.9. The minimum absolute atomic E-state index is 0.110. The molecule has 112 valence electrons. The number of imidazole rings is 1. The second-order valence-electron chi connectivity index (χ2n) is 5.06. The number of aromatic carboxylic acids is 1. The number of para-hydroxylation sites is 2. The molecule has 0 bridgehead atoms. The number of hydrogen-bond donors (Lipinski definition) is 1. The molecule has 0 saturated carbocycles. The molecule has 0 fully saturated rings. The third kappa shape index (κ3) is 2.20. The highest BCUT2D eigenvalue weighted by Gasteiger charge is 2.10. The van der Waals surface area contributed by atoms with Gasteiger partial charge in [-0.1, -0.05) is 35.6 Å². The SMILES string of the molecule is O=C(O)c1ccc(/C=c2/sc3nc4ccccc4n3c2=O)cc1. The van der Waals surface area contributed by atoms with Gasteiger partial charge in [0.1, 0.15) is 0 Å². The third-order valence-electron chi connectivity index (χ3n) is 3.60. The molecule has 0 aliphatic rings. The highest BCUT2D eigenvalue weighted by atomic mass is 32.1. The average molecular weight is 322 g/mol. The third-order valence-corrected chi connectivity index (χ3v) is 4.57. The summed E-state index contributed by atoms with van der Waals surface area (Å²) in [5.74, 6) is -0.970. The zero-order chi connectivity index (χ0) is 16.0. The van der Waals surface area contributed by atoms with E-state index < -0.39 is 5.97 Å². The van der Waals surface area contributed by atoms with Crippen LogP contribution in [-0.4, -0.2) is 20.5 Å². The summed E-state index contributed by atoms with van der Waals surface area (Å²) in [6.45, 7) is 0. The van der Waals surface area contributed by atoms with E-state index in [1.54, 1.807) is 22.6 Å². The van der Waals surface area contributed by atoms with E-state index in [0.717, 1.165) is 16.6 Å². The molecular formula is C17H10N2O3S. The number of carboxylic acids is 1. The number of hydrogen-bond acceptors (Lipinski definition) is 4. The summed E-state index contributed by atoms with van der Waals surface area (Å²) in [5, 5.41) is 8.91. The van der Waals surface area contributed by atoms with Crippen molar-refractivity contribution in [3.8, 4) is 0 Å². The van der Waals surface area contributed by atoms with Crippen LogP contribution in [0.25, 0.3) is 22.1 Å². The van der Waals surface area contributed by atoms with Crippen LogP contribution in [0, 0.1) is 0 Å². The summed E-state index contributed by atoms with van der Waals surface area (Å²) in [7, 11) is 0. The normalized spacial score (nSPS) is 12.3. The maximum absolute atomic E-state index is 12.6. The first-order chi connectivity index (χ1) is 11.1. The number of thiazole rings is 1. The predicted octanol–water partition coefficient (Wildman–Crippen LogP) is 2.16. The Bertz CT molecular complexity index is 1160. The summed E-state index contributed by atoms with van der Waals surface area (Å²) in [6.07, 6.45) is 1.75. The van der Waals surface area contributed by atoms with Crippen molar-refractivity contribution in [3.05, 3.63) is 74.5 Å². The second kappa shape index (κ2) is 5.03. The first kappa shape index (κ1) is 13.7. The van der Waals surface area contributed by atoms with Gasteiger partial charge < -0.3 is 5.11 Å². The molecule has 1 N–H and O–H groups in total. The molecule has 0 unspecified atom stereocenters. The molecule has 23 heavy (non-hydrogen) atoms. The highest BCUT2D eigenvalue weighted by Crippen LogP contribution is 2.15. The van der Waals surface area contributed by atoms with E-state index in [-0.39, 0.29) is 11.1 Å². The van der Waals surface area contributed by atoms with Crippen molar-refractivity contribution < 1.29 is 9.90 Å². The topological polar surface area (TPSA) is 71.7 Å². The fraction of sp³-hybridized carbons (Fsp3) is 0. The van der Waals surface area contributed by atoms with Crippen LogP contribution in [0.2, 0.25) is 0 Å². The minimum atomic E-state index is -0.970. The van der Waals surface area contributed by atoms with Crippen LogP contribution in [0.15, 0.2) is 53.3 Å². The van der Waals surface area contributed by atoms with E-state index in [4.69, 9.17) is 5.11 Å². The molecular weight excluding hydrogens is 312 g/mol. The summed E-state index contributed by atoms with van der Waals surface area (Å²) < 4.78 is 2.18. The number of aromatic nitrogens is 2. The smallest absolute Gasteiger partial charge is 0.335 e. The molecule has 0 saturated heterocycles. The predicted molar refractivity (Wildman–Crippen MR) is 89.0 cm³/mol. The van der Waals surface area contributed by atoms with Crippen LogP contribution in [0.1, 0.15) is 15.9 Å². The van der Waals surface area contributed by atoms with E-state index >= 15 is 0 Å². The molecule has 0 aliphatic heterocycles. The van der Waals surface area contributed by atoms with Crippen molar-refractivity contribution in [1.29, 1.82) is 0 Å². The Labute approximate surface area is 133 Å². The second-order valence-corrected chi connectivity index (χ2v) is 6.07. The first-order valence-corrected chi connectivity index (χ1v) is 7.70. The molecule has 4 rings (SSSR count). The van der Waals surface area contributed by atoms with Gasteiger partial charge in [-0.05, 0) is 35.9 Å². The van der Waals surface area contributed by atoms with Crippen LogP contribution in [0.4, 0.5) is 0 Å². The Morgan fingerprint density at radius 1 is 1.13 bits per heavy atom. The van der Waals surface area contributed by atoms with Crippen LogP contribution < -0.4 is 10.1 Å². The number of benzene rings is 2. The maximum Gasteiger partial charge on any atom is 0.335 e. The lowest BCUT2D eigenvalue weighted by atomic mass is 10.1. The van der Waals surface area contributed by atoms with Gasteiger partial charge in [0.2, 0.25) is 0 Å². The monoisotopic (exact) mass is 322 g/mol. The van der Waals surface area contributed by atoms with Gasteiger partial charge in [0.05, 0.1) is 21.1 Å². The van der Waals surface area contributed by atoms with Crippen molar-refractivity contribution >= 4 is 39.4 Å². The molecule has 2 aromatic carbocycles. The van der Waals surface area contributed by atoms with E-state index in [0.29, 0.717) is 9.49 Å². The van der Waals surface area contributed by atoms with Crippen LogP contribution in [-0.2, 0) is 0 Å². The zero-order valence-corrected chi connectivity index (χ0v) is 12.6. The zero-order valence-electron chi connectivity index (χ0n) is 11.8. The Morgan fingerprint density at radius 2 is 1.87 bits per heavy atom. The lowest BCUT2D eigenvalue weighted by Crippen LogP contribution is -2.22. The molecule has 2 heterocycles. The van der Waals surface area contributed by atoms with Gasteiger partial charge in [0.25, 0.3) is 5.56 Å². The molecule has 0 atom stereocenters. The summed E-state index contributed by atoms with van der Waals surface area (Å²) >= 11 is 1.32. The molecule has 0 radical (unpaired) electrons. The fourth-order valence-corrected chi connectivity index (χ4v) is 3.47. The standard InChI is InChI=1S/C17H10N2O3S/c20-15-14(9-10-5-7-11(8-6-10)16(21)22)23-17-18-12-3-1-2-4-13(12)19(15)17/h1-9H,(H,21,22)/b14-9+. The molecule has 0 amide bonds. The molecule has 4 aromatic rings. The van der Waals surface area contributed by atoms with Crippen molar-refractivity contribution in [3.63, 3.8) is 0 Å². The van der Waals surface area contributed by atoms with E-state index in [1.807, 2.05) is 24.3 Å². The van der Waals surface area contributed by atoms with Gasteiger partial charge in [-0.15, -0.1) is 0 Å². The maximum atomic E-state index is 12.6. The fourth-order valence-electron chi connectivity index (χ4n) is 2.49. The average Bonchev–Trinajstić information content (AvgIpc) is 3.05. The molecule has 0 aliphatic carbocycles. The van der Waals surface area contributed by atoms with Crippen molar-refractivity contribution in [2.24, 2.45) is 0 Å². The molecule has 5 nitrogen and oxygen atoms in total. The number of fused-ring (bicyclic) bond motifs is 3. The Kier molecular flexibility index (Phi) is 2.99. The van der Waals surface area contributed by atoms with Gasteiger partial charge >= 0.3 is 5.97 Å². The lowest BCUT2D eigenvalue weighted by Gasteiger charge is -1.94.